The number of aromatic nitrogens is 2. The molecule has 1 aliphatic heterocycles. The molecule has 0 atom stereocenters. The molecule has 1 aliphatic rings. The standard InChI is InChI=1S/C13H18N4O2/c1-19-10-8-16(9-10)7-6-14-13-15-11-4-2-3-5-12(11)17(13)18/h2-5,10,18H,6-9H2,1H3,(H,14,15). The summed E-state index contributed by atoms with van der Waals surface area (Å²) in [7, 11) is 1.74. The van der Waals surface area contributed by atoms with E-state index in [2.05, 4.69) is 15.2 Å². The third kappa shape index (κ3) is 2.36. The molecule has 102 valence electrons. The number of fused-ring (bicyclic) bond motifs is 1. The molecule has 3 rings (SSSR count). The molecule has 0 spiro atoms. The maximum Gasteiger partial charge on any atom is 0.237 e. The van der Waals surface area contributed by atoms with Crippen LogP contribution in [0.2, 0.25) is 0 Å². The third-order valence-corrected chi connectivity index (χ3v) is 3.51. The molecule has 0 radical (unpaired) electrons. The van der Waals surface area contributed by atoms with Crippen molar-refractivity contribution in [2.75, 3.05) is 38.6 Å². The summed E-state index contributed by atoms with van der Waals surface area (Å²) in [6.45, 7) is 3.63. The van der Waals surface area contributed by atoms with E-state index >= 15 is 0 Å². The number of rotatable bonds is 5. The van der Waals surface area contributed by atoms with Gasteiger partial charge in [0.1, 0.15) is 5.52 Å². The maximum absolute atomic E-state index is 9.96. The molecule has 0 aliphatic carbocycles. The summed E-state index contributed by atoms with van der Waals surface area (Å²) >= 11 is 0. The Morgan fingerprint density at radius 3 is 2.95 bits per heavy atom. The molecule has 0 bridgehead atoms. The first-order valence-corrected chi connectivity index (χ1v) is 6.43. The highest BCUT2D eigenvalue weighted by molar-refractivity contribution is 5.77. The number of benzene rings is 1. The van der Waals surface area contributed by atoms with Crippen LogP contribution < -0.4 is 5.32 Å². The van der Waals surface area contributed by atoms with Crippen LogP contribution in [0.1, 0.15) is 0 Å². The lowest BCUT2D eigenvalue weighted by atomic mass is 10.2. The number of anilines is 1. The maximum atomic E-state index is 9.96. The number of ether oxygens (including phenoxy) is 1. The summed E-state index contributed by atoms with van der Waals surface area (Å²) in [6, 6.07) is 7.51. The van der Waals surface area contributed by atoms with Crippen molar-refractivity contribution in [3.05, 3.63) is 24.3 Å². The molecule has 19 heavy (non-hydrogen) atoms. The molecule has 6 nitrogen and oxygen atoms in total. The van der Waals surface area contributed by atoms with Crippen molar-refractivity contribution in [3.63, 3.8) is 0 Å². The Kier molecular flexibility index (Phi) is 3.27. The van der Waals surface area contributed by atoms with Gasteiger partial charge in [-0.15, -0.1) is 4.73 Å². The minimum atomic E-state index is 0.377. The van der Waals surface area contributed by atoms with Gasteiger partial charge < -0.3 is 15.3 Å². The summed E-state index contributed by atoms with van der Waals surface area (Å²) in [5, 5.41) is 13.1. The summed E-state index contributed by atoms with van der Waals surface area (Å²) in [5.74, 6) is 0.491. The zero-order valence-electron chi connectivity index (χ0n) is 10.9. The fourth-order valence-electron chi connectivity index (χ4n) is 2.31. The van der Waals surface area contributed by atoms with Crippen molar-refractivity contribution >= 4 is 17.0 Å². The Hall–Kier alpha value is -1.79. The van der Waals surface area contributed by atoms with Crippen molar-refractivity contribution < 1.29 is 9.94 Å². The van der Waals surface area contributed by atoms with Gasteiger partial charge >= 0.3 is 0 Å². The largest absolute Gasteiger partial charge is 0.425 e. The fourth-order valence-corrected chi connectivity index (χ4v) is 2.31. The van der Waals surface area contributed by atoms with Gasteiger partial charge in [-0.3, -0.25) is 4.90 Å². The average Bonchev–Trinajstić information content (AvgIpc) is 2.70. The quantitative estimate of drug-likeness (QED) is 0.788. The van der Waals surface area contributed by atoms with Crippen molar-refractivity contribution in [2.24, 2.45) is 0 Å². The summed E-state index contributed by atoms with van der Waals surface area (Å²) in [6.07, 6.45) is 0.377. The van der Waals surface area contributed by atoms with Gasteiger partial charge in [-0.25, -0.2) is 4.98 Å². The summed E-state index contributed by atoms with van der Waals surface area (Å²) in [5.41, 5.74) is 1.50. The Balaban J connectivity index is 1.56. The van der Waals surface area contributed by atoms with E-state index in [1.165, 1.54) is 0 Å². The van der Waals surface area contributed by atoms with Crippen LogP contribution in [0.3, 0.4) is 0 Å². The van der Waals surface area contributed by atoms with Gasteiger partial charge in [0.25, 0.3) is 0 Å². The number of nitrogens with zero attached hydrogens (tertiary/aromatic N) is 3. The van der Waals surface area contributed by atoms with E-state index in [0.29, 0.717) is 17.6 Å². The van der Waals surface area contributed by atoms with Gasteiger partial charge in [0.2, 0.25) is 5.95 Å². The lowest BCUT2D eigenvalue weighted by molar-refractivity contribution is -0.0270. The topological polar surface area (TPSA) is 62.5 Å². The van der Waals surface area contributed by atoms with Crippen LogP contribution in [-0.2, 0) is 4.74 Å². The van der Waals surface area contributed by atoms with Crippen LogP contribution >= 0.6 is 0 Å². The van der Waals surface area contributed by atoms with Crippen LogP contribution in [0.4, 0.5) is 5.95 Å². The predicted molar refractivity (Wildman–Crippen MR) is 72.6 cm³/mol. The van der Waals surface area contributed by atoms with Gasteiger partial charge in [0.15, 0.2) is 0 Å². The number of likely N-dealkylation sites (tertiary alicyclic amines) is 1. The molecule has 6 heteroatoms. The van der Waals surface area contributed by atoms with Crippen LogP contribution in [0.15, 0.2) is 24.3 Å². The molecule has 1 aromatic carbocycles. The summed E-state index contributed by atoms with van der Waals surface area (Å²) in [4.78, 5) is 6.64. The second-order valence-corrected chi connectivity index (χ2v) is 4.78. The molecular formula is C13H18N4O2. The zero-order valence-corrected chi connectivity index (χ0v) is 10.9. The predicted octanol–water partition coefficient (Wildman–Crippen LogP) is 1.02. The number of para-hydroxylation sites is 2. The Morgan fingerprint density at radius 2 is 2.21 bits per heavy atom. The number of methoxy groups -OCH3 is 1. The van der Waals surface area contributed by atoms with E-state index in [1.54, 1.807) is 7.11 Å². The van der Waals surface area contributed by atoms with Crippen molar-refractivity contribution in [1.82, 2.24) is 14.6 Å². The van der Waals surface area contributed by atoms with Crippen molar-refractivity contribution in [3.8, 4) is 0 Å². The van der Waals surface area contributed by atoms with E-state index in [-0.39, 0.29) is 0 Å². The second-order valence-electron chi connectivity index (χ2n) is 4.78. The smallest absolute Gasteiger partial charge is 0.237 e. The first-order valence-electron chi connectivity index (χ1n) is 6.43. The fraction of sp³-hybridized carbons (Fsp3) is 0.462. The third-order valence-electron chi connectivity index (χ3n) is 3.51. The zero-order chi connectivity index (χ0) is 13.2. The number of hydrogen-bond donors (Lipinski definition) is 2. The minimum Gasteiger partial charge on any atom is -0.425 e. The van der Waals surface area contributed by atoms with Gasteiger partial charge in [0.05, 0.1) is 11.6 Å². The number of imidazole rings is 1. The molecule has 1 aromatic heterocycles. The first-order chi connectivity index (χ1) is 9.28. The Labute approximate surface area is 111 Å². The molecular weight excluding hydrogens is 244 g/mol. The van der Waals surface area contributed by atoms with Gasteiger partial charge in [0, 0.05) is 33.3 Å². The normalized spacial score (nSPS) is 16.7. The monoisotopic (exact) mass is 262 g/mol. The molecule has 2 N–H and O–H groups in total. The van der Waals surface area contributed by atoms with Gasteiger partial charge in [-0.2, -0.15) is 0 Å². The highest BCUT2D eigenvalue weighted by Gasteiger charge is 2.25. The number of hydrogen-bond acceptors (Lipinski definition) is 5. The molecule has 0 amide bonds. The highest BCUT2D eigenvalue weighted by Crippen LogP contribution is 2.17. The first kappa shape index (κ1) is 12.3. The van der Waals surface area contributed by atoms with E-state index in [9.17, 15) is 5.21 Å². The summed E-state index contributed by atoms with van der Waals surface area (Å²) < 4.78 is 6.32. The molecule has 0 unspecified atom stereocenters. The van der Waals surface area contributed by atoms with Crippen molar-refractivity contribution in [1.29, 1.82) is 0 Å². The lowest BCUT2D eigenvalue weighted by Crippen LogP contribution is -2.52. The van der Waals surface area contributed by atoms with E-state index in [0.717, 1.165) is 36.4 Å². The Bertz CT molecular complexity index is 563. The molecule has 1 fully saturated rings. The molecule has 0 saturated carbocycles. The average molecular weight is 262 g/mol. The molecule has 1 saturated heterocycles. The highest BCUT2D eigenvalue weighted by atomic mass is 16.5. The van der Waals surface area contributed by atoms with E-state index < -0.39 is 0 Å². The van der Waals surface area contributed by atoms with Crippen LogP contribution in [-0.4, -0.2) is 59.2 Å². The number of nitrogens with one attached hydrogen (secondary N) is 1. The van der Waals surface area contributed by atoms with Crippen LogP contribution in [0, 0.1) is 0 Å². The van der Waals surface area contributed by atoms with Crippen LogP contribution in [0.25, 0.3) is 11.0 Å². The Morgan fingerprint density at radius 1 is 1.42 bits per heavy atom. The second kappa shape index (κ2) is 5.07. The van der Waals surface area contributed by atoms with E-state index in [1.807, 2.05) is 24.3 Å². The van der Waals surface area contributed by atoms with Gasteiger partial charge in [-0.1, -0.05) is 12.1 Å². The van der Waals surface area contributed by atoms with Crippen molar-refractivity contribution in [2.45, 2.75) is 6.10 Å². The van der Waals surface area contributed by atoms with E-state index in [4.69, 9.17) is 4.74 Å². The van der Waals surface area contributed by atoms with Gasteiger partial charge in [-0.05, 0) is 12.1 Å². The SMILES string of the molecule is COC1CN(CCNc2nc3ccccc3n2O)C1. The molecule has 2 aromatic rings. The lowest BCUT2D eigenvalue weighted by Gasteiger charge is -2.38. The minimum absolute atomic E-state index is 0.377. The molecule has 2 heterocycles. The van der Waals surface area contributed by atoms with Crippen LogP contribution in [0.5, 0.6) is 0 Å².